The van der Waals surface area contributed by atoms with Crippen LogP contribution in [0.25, 0.3) is 0 Å². The Labute approximate surface area is 127 Å². The number of alkyl halides is 1. The summed E-state index contributed by atoms with van der Waals surface area (Å²) in [5.41, 5.74) is 1.53. The van der Waals surface area contributed by atoms with Crippen molar-refractivity contribution in [1.82, 2.24) is 0 Å². The Balaban J connectivity index is 3.21. The second kappa shape index (κ2) is 7.91. The summed E-state index contributed by atoms with van der Waals surface area (Å²) in [6.45, 7) is 6.05. The molecule has 1 unspecified atom stereocenters. The van der Waals surface area contributed by atoms with Gasteiger partial charge in [-0.3, -0.25) is 0 Å². The molecule has 4 nitrogen and oxygen atoms in total. The van der Waals surface area contributed by atoms with Crippen molar-refractivity contribution in [3.63, 3.8) is 0 Å². The molecule has 1 aromatic carbocycles. The van der Waals surface area contributed by atoms with Gasteiger partial charge in [-0.25, -0.2) is 4.79 Å². The summed E-state index contributed by atoms with van der Waals surface area (Å²) in [4.78, 5) is 12.2. The molecule has 0 aliphatic rings. The Bertz CT molecular complexity index is 523. The molecule has 1 atom stereocenters. The Morgan fingerprint density at radius 2 is 2.15 bits per heavy atom. The molecule has 0 N–H and O–H groups in total. The first-order chi connectivity index (χ1) is 9.57. The van der Waals surface area contributed by atoms with Crippen molar-refractivity contribution in [2.45, 2.75) is 38.6 Å². The lowest BCUT2D eigenvalue weighted by Gasteiger charge is -2.15. The fourth-order valence-electron chi connectivity index (χ4n) is 1.60. The highest BCUT2D eigenvalue weighted by Gasteiger charge is 2.19. The molecular weight excluding hydrogens is 322 g/mol. The number of esters is 1. The molecule has 5 heteroatoms. The van der Waals surface area contributed by atoms with E-state index >= 15 is 0 Å². The maximum Gasteiger partial charge on any atom is 0.342 e. The van der Waals surface area contributed by atoms with E-state index in [1.165, 1.54) is 6.07 Å². The first kappa shape index (κ1) is 16.5. The van der Waals surface area contributed by atoms with E-state index in [2.05, 4.69) is 22.0 Å². The summed E-state index contributed by atoms with van der Waals surface area (Å²) in [7, 11) is 0. The van der Waals surface area contributed by atoms with Crippen LogP contribution in [0.5, 0.6) is 5.75 Å². The van der Waals surface area contributed by atoms with Gasteiger partial charge in [-0.1, -0.05) is 22.9 Å². The average molecular weight is 340 g/mol. The van der Waals surface area contributed by atoms with Gasteiger partial charge in [-0.2, -0.15) is 5.26 Å². The molecule has 0 aromatic heterocycles. The zero-order valence-corrected chi connectivity index (χ0v) is 13.5. The van der Waals surface area contributed by atoms with Crippen LogP contribution >= 0.6 is 15.9 Å². The summed E-state index contributed by atoms with van der Waals surface area (Å²) >= 11 is 3.32. The van der Waals surface area contributed by atoms with Crippen molar-refractivity contribution >= 4 is 21.9 Å². The van der Waals surface area contributed by atoms with E-state index in [-0.39, 0.29) is 6.10 Å². The van der Waals surface area contributed by atoms with Crippen molar-refractivity contribution in [3.05, 3.63) is 28.8 Å². The van der Waals surface area contributed by atoms with Gasteiger partial charge < -0.3 is 9.47 Å². The van der Waals surface area contributed by atoms with E-state index in [0.29, 0.717) is 28.8 Å². The molecule has 0 spiro atoms. The van der Waals surface area contributed by atoms with Gasteiger partial charge in [0.25, 0.3) is 0 Å². The summed E-state index contributed by atoms with van der Waals surface area (Å²) in [5.74, 6) is -0.00493. The molecule has 108 valence electrons. The molecule has 0 saturated heterocycles. The molecule has 0 aliphatic carbocycles. The predicted molar refractivity (Wildman–Crippen MR) is 80.1 cm³/mol. The molecule has 0 radical (unpaired) electrons. The fraction of sp³-hybridized carbons (Fsp3) is 0.467. The lowest BCUT2D eigenvalue weighted by Crippen LogP contribution is -2.15. The average Bonchev–Trinajstić information content (AvgIpc) is 2.46. The normalized spacial score (nSPS) is 11.6. The van der Waals surface area contributed by atoms with E-state index in [1.54, 1.807) is 6.07 Å². The van der Waals surface area contributed by atoms with Crippen LogP contribution < -0.4 is 4.74 Å². The van der Waals surface area contributed by atoms with Gasteiger partial charge in [-0.15, -0.1) is 0 Å². The topological polar surface area (TPSA) is 59.3 Å². The highest BCUT2D eigenvalue weighted by Crippen LogP contribution is 2.26. The zero-order chi connectivity index (χ0) is 15.1. The maximum atomic E-state index is 12.2. The van der Waals surface area contributed by atoms with E-state index < -0.39 is 5.97 Å². The third kappa shape index (κ3) is 3.97. The molecule has 0 fully saturated rings. The Morgan fingerprint density at radius 3 is 2.65 bits per heavy atom. The van der Waals surface area contributed by atoms with Gasteiger partial charge in [0.2, 0.25) is 0 Å². The Hall–Kier alpha value is -1.54. The minimum atomic E-state index is -0.458. The predicted octanol–water partition coefficient (Wildman–Crippen LogP) is 3.81. The summed E-state index contributed by atoms with van der Waals surface area (Å²) in [5, 5.41) is 9.67. The van der Waals surface area contributed by atoms with E-state index in [4.69, 9.17) is 14.7 Å². The zero-order valence-electron chi connectivity index (χ0n) is 11.9. The van der Waals surface area contributed by atoms with Crippen molar-refractivity contribution < 1.29 is 14.3 Å². The maximum absolute atomic E-state index is 12.2. The molecule has 0 saturated carbocycles. The number of hydrogen-bond acceptors (Lipinski definition) is 4. The van der Waals surface area contributed by atoms with Gasteiger partial charge in [-0.05, 0) is 38.0 Å². The number of nitriles is 1. The summed E-state index contributed by atoms with van der Waals surface area (Å²) < 4.78 is 10.8. The van der Waals surface area contributed by atoms with Crippen molar-refractivity contribution in [3.8, 4) is 11.8 Å². The molecule has 20 heavy (non-hydrogen) atoms. The molecular formula is C15H18BrNO3. The molecule has 0 aliphatic heterocycles. The standard InChI is InChI=1S/C15H18BrNO3/c1-4-10(3)20-15(18)13-6-12(9-17)11(8-16)7-14(13)19-5-2/h6-7,10H,4-5,8H2,1-3H3. The van der Waals surface area contributed by atoms with Crippen LogP contribution in [-0.4, -0.2) is 18.7 Å². The highest BCUT2D eigenvalue weighted by molar-refractivity contribution is 9.08. The van der Waals surface area contributed by atoms with Crippen LogP contribution in [0.2, 0.25) is 0 Å². The molecule has 1 rings (SSSR count). The second-order valence-corrected chi connectivity index (χ2v) is 4.87. The van der Waals surface area contributed by atoms with Crippen LogP contribution in [0.1, 0.15) is 48.7 Å². The lowest BCUT2D eigenvalue weighted by atomic mass is 10.0. The van der Waals surface area contributed by atoms with Crippen LogP contribution in [0.3, 0.4) is 0 Å². The summed E-state index contributed by atoms with van der Waals surface area (Å²) in [6, 6.07) is 5.33. The number of halogens is 1. The largest absolute Gasteiger partial charge is 0.493 e. The number of carbonyl (C=O) groups is 1. The van der Waals surface area contributed by atoms with Gasteiger partial charge in [0.15, 0.2) is 0 Å². The smallest absolute Gasteiger partial charge is 0.342 e. The number of carbonyl (C=O) groups excluding carboxylic acids is 1. The minimum Gasteiger partial charge on any atom is -0.493 e. The number of nitrogens with zero attached hydrogens (tertiary/aromatic N) is 1. The Kier molecular flexibility index (Phi) is 6.53. The molecule has 0 bridgehead atoms. The van der Waals surface area contributed by atoms with Gasteiger partial charge in [0, 0.05) is 5.33 Å². The quantitative estimate of drug-likeness (QED) is 0.584. The highest BCUT2D eigenvalue weighted by atomic mass is 79.9. The van der Waals surface area contributed by atoms with Crippen molar-refractivity contribution in [2.75, 3.05) is 6.61 Å². The SMILES string of the molecule is CCOc1cc(CBr)c(C#N)cc1C(=O)OC(C)CC. The van der Waals surface area contributed by atoms with Crippen LogP contribution in [0.15, 0.2) is 12.1 Å². The van der Waals surface area contributed by atoms with Crippen LogP contribution in [0.4, 0.5) is 0 Å². The second-order valence-electron chi connectivity index (χ2n) is 4.31. The third-order valence-electron chi connectivity index (χ3n) is 2.87. The van der Waals surface area contributed by atoms with Crippen LogP contribution in [-0.2, 0) is 10.1 Å². The van der Waals surface area contributed by atoms with Gasteiger partial charge in [0.05, 0.1) is 24.3 Å². The van der Waals surface area contributed by atoms with E-state index in [0.717, 1.165) is 12.0 Å². The van der Waals surface area contributed by atoms with E-state index in [9.17, 15) is 4.79 Å². The molecule has 1 aromatic rings. The van der Waals surface area contributed by atoms with Crippen molar-refractivity contribution in [1.29, 1.82) is 5.26 Å². The minimum absolute atomic E-state index is 0.168. The number of benzene rings is 1. The third-order valence-corrected chi connectivity index (χ3v) is 3.48. The first-order valence-electron chi connectivity index (χ1n) is 6.54. The fourth-order valence-corrected chi connectivity index (χ4v) is 2.06. The Morgan fingerprint density at radius 1 is 1.45 bits per heavy atom. The van der Waals surface area contributed by atoms with Crippen LogP contribution in [0, 0.1) is 11.3 Å². The monoisotopic (exact) mass is 339 g/mol. The van der Waals surface area contributed by atoms with Gasteiger partial charge in [0.1, 0.15) is 11.3 Å². The number of hydrogen-bond donors (Lipinski definition) is 0. The molecule has 0 heterocycles. The first-order valence-corrected chi connectivity index (χ1v) is 7.66. The lowest BCUT2D eigenvalue weighted by molar-refractivity contribution is 0.0330. The van der Waals surface area contributed by atoms with Gasteiger partial charge >= 0.3 is 5.97 Å². The van der Waals surface area contributed by atoms with E-state index in [1.807, 2.05) is 20.8 Å². The number of ether oxygens (including phenoxy) is 2. The molecule has 0 amide bonds. The summed E-state index contributed by atoms with van der Waals surface area (Å²) in [6.07, 6.45) is 0.568. The van der Waals surface area contributed by atoms with Crippen molar-refractivity contribution in [2.24, 2.45) is 0 Å². The number of rotatable bonds is 6.